The molecule has 0 radical (unpaired) electrons. The van der Waals surface area contributed by atoms with Gasteiger partial charge in [-0.2, -0.15) is 0 Å². The predicted molar refractivity (Wildman–Crippen MR) is 99.7 cm³/mol. The van der Waals surface area contributed by atoms with Crippen molar-refractivity contribution in [3.63, 3.8) is 0 Å². The van der Waals surface area contributed by atoms with Crippen molar-refractivity contribution in [3.05, 3.63) is 65.2 Å². The number of carbonyl (C=O) groups excluding carboxylic acids is 3. The number of nitrogens with two attached hydrogens (primary N) is 1. The molecule has 1 unspecified atom stereocenters. The molecule has 7 heteroatoms. The Hall–Kier alpha value is -3.35. The fourth-order valence-corrected chi connectivity index (χ4v) is 2.44. The zero-order chi connectivity index (χ0) is 19.3. The Morgan fingerprint density at radius 2 is 1.69 bits per heavy atom. The number of rotatable bonds is 5. The number of anilines is 1. The lowest BCUT2D eigenvalue weighted by Crippen LogP contribution is -2.41. The number of likely N-dealkylation sites (N-methyl/N-ethyl adjacent to an activating group) is 1. The van der Waals surface area contributed by atoms with E-state index in [1.165, 1.54) is 11.0 Å². The largest absolute Gasteiger partial charge is 0.366 e. The maximum Gasteiger partial charge on any atom is 0.320 e. The van der Waals surface area contributed by atoms with Gasteiger partial charge in [-0.3, -0.25) is 9.59 Å². The highest BCUT2D eigenvalue weighted by Crippen LogP contribution is 2.18. The van der Waals surface area contributed by atoms with Gasteiger partial charge in [0.15, 0.2) is 0 Å². The standard InChI is InChI=1S/C19H22N4O3/c1-12-11-14(17(20)24)9-10-15(12)21-19(26)22-16(18(25)23(2)3)13-7-5-4-6-8-13/h4-11,16H,1-3H3,(H2,20,24)(H2,21,22,26). The van der Waals surface area contributed by atoms with E-state index in [1.807, 2.05) is 6.07 Å². The van der Waals surface area contributed by atoms with Gasteiger partial charge in [0.25, 0.3) is 0 Å². The number of hydrogen-bond donors (Lipinski definition) is 3. The van der Waals surface area contributed by atoms with Gasteiger partial charge in [-0.05, 0) is 36.2 Å². The summed E-state index contributed by atoms with van der Waals surface area (Å²) in [6, 6.07) is 12.4. The summed E-state index contributed by atoms with van der Waals surface area (Å²) < 4.78 is 0. The van der Waals surface area contributed by atoms with E-state index in [2.05, 4.69) is 10.6 Å². The number of benzene rings is 2. The fraction of sp³-hybridized carbons (Fsp3) is 0.211. The minimum Gasteiger partial charge on any atom is -0.366 e. The smallest absolute Gasteiger partial charge is 0.320 e. The van der Waals surface area contributed by atoms with E-state index in [9.17, 15) is 14.4 Å². The highest BCUT2D eigenvalue weighted by Gasteiger charge is 2.24. The number of aryl methyl sites for hydroxylation is 1. The van der Waals surface area contributed by atoms with Gasteiger partial charge in [0, 0.05) is 25.3 Å². The first-order valence-corrected chi connectivity index (χ1v) is 8.03. The first-order chi connectivity index (χ1) is 12.3. The number of hydrogen-bond acceptors (Lipinski definition) is 3. The van der Waals surface area contributed by atoms with Gasteiger partial charge >= 0.3 is 6.03 Å². The molecule has 0 saturated heterocycles. The first kappa shape index (κ1) is 19.0. The summed E-state index contributed by atoms with van der Waals surface area (Å²) in [5.41, 5.74) is 7.50. The number of nitrogens with one attached hydrogen (secondary N) is 2. The topological polar surface area (TPSA) is 105 Å². The maximum atomic E-state index is 12.4. The van der Waals surface area contributed by atoms with E-state index < -0.39 is 18.0 Å². The molecule has 0 spiro atoms. The van der Waals surface area contributed by atoms with Crippen molar-refractivity contribution < 1.29 is 14.4 Å². The molecule has 136 valence electrons. The van der Waals surface area contributed by atoms with Crippen LogP contribution in [0.15, 0.2) is 48.5 Å². The molecule has 4 amide bonds. The van der Waals surface area contributed by atoms with Gasteiger partial charge < -0.3 is 21.3 Å². The van der Waals surface area contributed by atoms with Gasteiger partial charge in [0.1, 0.15) is 6.04 Å². The average molecular weight is 354 g/mol. The second-order valence-corrected chi connectivity index (χ2v) is 6.07. The number of amides is 4. The SMILES string of the molecule is Cc1cc(C(N)=O)ccc1NC(=O)NC(C(=O)N(C)C)c1ccccc1. The highest BCUT2D eigenvalue weighted by atomic mass is 16.2. The van der Waals surface area contributed by atoms with Crippen molar-refractivity contribution in [2.75, 3.05) is 19.4 Å². The van der Waals surface area contributed by atoms with Crippen LogP contribution in [0, 0.1) is 6.92 Å². The molecule has 0 aliphatic heterocycles. The van der Waals surface area contributed by atoms with Crippen LogP contribution < -0.4 is 16.4 Å². The van der Waals surface area contributed by atoms with Gasteiger partial charge in [0.05, 0.1) is 0 Å². The Bertz CT molecular complexity index is 819. The molecule has 0 aliphatic rings. The number of carbonyl (C=O) groups is 3. The molecule has 2 aromatic rings. The second kappa shape index (κ2) is 8.15. The van der Waals surface area contributed by atoms with Gasteiger partial charge in [-0.1, -0.05) is 30.3 Å². The van der Waals surface area contributed by atoms with Crippen molar-refractivity contribution >= 4 is 23.5 Å². The van der Waals surface area contributed by atoms with Crippen LogP contribution in [0.2, 0.25) is 0 Å². The predicted octanol–water partition coefficient (Wildman–Crippen LogP) is 2.04. The summed E-state index contributed by atoms with van der Waals surface area (Å²) in [6.07, 6.45) is 0. The summed E-state index contributed by atoms with van der Waals surface area (Å²) in [7, 11) is 3.26. The Morgan fingerprint density at radius 3 is 2.23 bits per heavy atom. The van der Waals surface area contributed by atoms with Crippen LogP contribution in [0.4, 0.5) is 10.5 Å². The second-order valence-electron chi connectivity index (χ2n) is 6.07. The summed E-state index contributed by atoms with van der Waals surface area (Å²) in [5, 5.41) is 5.39. The van der Waals surface area contributed by atoms with Crippen LogP contribution in [-0.4, -0.2) is 36.8 Å². The Morgan fingerprint density at radius 1 is 1.04 bits per heavy atom. The molecular formula is C19H22N4O3. The molecule has 1 atom stereocenters. The van der Waals surface area contributed by atoms with Crippen LogP contribution in [0.25, 0.3) is 0 Å². The molecule has 7 nitrogen and oxygen atoms in total. The third-order valence-electron chi connectivity index (χ3n) is 3.86. The quantitative estimate of drug-likeness (QED) is 0.765. The normalized spacial score (nSPS) is 11.3. The summed E-state index contributed by atoms with van der Waals surface area (Å²) >= 11 is 0. The summed E-state index contributed by atoms with van der Waals surface area (Å²) in [4.78, 5) is 37.5. The van der Waals surface area contributed by atoms with E-state index in [1.54, 1.807) is 57.4 Å². The lowest BCUT2D eigenvalue weighted by molar-refractivity contribution is -0.130. The zero-order valence-corrected chi connectivity index (χ0v) is 14.9. The van der Waals surface area contributed by atoms with Crippen LogP contribution in [0.1, 0.15) is 27.5 Å². The molecular weight excluding hydrogens is 332 g/mol. The molecule has 2 rings (SSSR count). The number of nitrogens with zero attached hydrogens (tertiary/aromatic N) is 1. The maximum absolute atomic E-state index is 12.4. The minimum absolute atomic E-state index is 0.243. The molecule has 4 N–H and O–H groups in total. The number of urea groups is 1. The van der Waals surface area contributed by atoms with Crippen LogP contribution >= 0.6 is 0 Å². The van der Waals surface area contributed by atoms with Gasteiger partial charge in [-0.25, -0.2) is 4.79 Å². The Labute approximate surface area is 152 Å². The third kappa shape index (κ3) is 4.60. The molecule has 0 bridgehead atoms. The van der Waals surface area contributed by atoms with Crippen LogP contribution in [-0.2, 0) is 4.79 Å². The summed E-state index contributed by atoms with van der Waals surface area (Å²) in [5.74, 6) is -0.781. The zero-order valence-electron chi connectivity index (χ0n) is 14.9. The van der Waals surface area contributed by atoms with Gasteiger partial charge in [0.2, 0.25) is 11.8 Å². The number of primary amides is 1. The molecule has 2 aromatic carbocycles. The fourth-order valence-electron chi connectivity index (χ4n) is 2.44. The highest BCUT2D eigenvalue weighted by molar-refractivity contribution is 5.96. The van der Waals surface area contributed by atoms with Crippen molar-refractivity contribution in [1.29, 1.82) is 0 Å². The first-order valence-electron chi connectivity index (χ1n) is 8.03. The molecule has 0 heterocycles. The lowest BCUT2D eigenvalue weighted by atomic mass is 10.1. The Kier molecular flexibility index (Phi) is 5.95. The van der Waals surface area contributed by atoms with Crippen molar-refractivity contribution in [1.82, 2.24) is 10.2 Å². The van der Waals surface area contributed by atoms with E-state index in [0.29, 0.717) is 22.4 Å². The van der Waals surface area contributed by atoms with Crippen molar-refractivity contribution in [2.45, 2.75) is 13.0 Å². The molecule has 26 heavy (non-hydrogen) atoms. The Balaban J connectivity index is 2.17. The molecule has 0 fully saturated rings. The van der Waals surface area contributed by atoms with E-state index >= 15 is 0 Å². The van der Waals surface area contributed by atoms with Crippen LogP contribution in [0.5, 0.6) is 0 Å². The van der Waals surface area contributed by atoms with Crippen molar-refractivity contribution in [2.24, 2.45) is 5.73 Å². The lowest BCUT2D eigenvalue weighted by Gasteiger charge is -2.22. The van der Waals surface area contributed by atoms with Crippen LogP contribution in [0.3, 0.4) is 0 Å². The summed E-state index contributed by atoms with van der Waals surface area (Å²) in [6.45, 7) is 1.75. The van der Waals surface area contributed by atoms with E-state index in [4.69, 9.17) is 5.73 Å². The van der Waals surface area contributed by atoms with Crippen molar-refractivity contribution in [3.8, 4) is 0 Å². The molecule has 0 aliphatic carbocycles. The van der Waals surface area contributed by atoms with E-state index in [-0.39, 0.29) is 5.91 Å². The average Bonchev–Trinajstić information content (AvgIpc) is 2.61. The minimum atomic E-state index is -0.809. The monoisotopic (exact) mass is 354 g/mol. The molecule has 0 saturated carbocycles. The van der Waals surface area contributed by atoms with Gasteiger partial charge in [-0.15, -0.1) is 0 Å². The van der Waals surface area contributed by atoms with E-state index in [0.717, 1.165) is 0 Å². The third-order valence-corrected chi connectivity index (χ3v) is 3.86. The molecule has 0 aromatic heterocycles.